The molecule has 0 spiro atoms. The summed E-state index contributed by atoms with van der Waals surface area (Å²) in [6, 6.07) is 43.7. The van der Waals surface area contributed by atoms with Gasteiger partial charge in [0.15, 0.2) is 0 Å². The van der Waals surface area contributed by atoms with Gasteiger partial charge >= 0.3 is 0 Å². The van der Waals surface area contributed by atoms with E-state index in [-0.39, 0.29) is 0 Å². The van der Waals surface area contributed by atoms with Crippen LogP contribution in [-0.4, -0.2) is 13.0 Å². The molecule has 0 bridgehead atoms. The molecule has 0 amide bonds. The molecule has 0 saturated heterocycles. The van der Waals surface area contributed by atoms with Crippen molar-refractivity contribution in [3.8, 4) is 0 Å². The number of benzene rings is 4. The summed E-state index contributed by atoms with van der Waals surface area (Å²) in [5.41, 5.74) is 0. The summed E-state index contributed by atoms with van der Waals surface area (Å²) in [5, 5.41) is 5.53. The van der Waals surface area contributed by atoms with Crippen LogP contribution in [0.3, 0.4) is 0 Å². The van der Waals surface area contributed by atoms with E-state index in [9.17, 15) is 0 Å². The Morgan fingerprint density at radius 2 is 0.897 bits per heavy atom. The van der Waals surface area contributed by atoms with Gasteiger partial charge in [-0.25, -0.2) is 0 Å². The minimum absolute atomic E-state index is 0.536. The zero-order valence-corrected chi connectivity index (χ0v) is 18.4. The van der Waals surface area contributed by atoms with E-state index in [1.165, 1.54) is 21.2 Å². The number of hydrogen-bond acceptors (Lipinski definition) is 1. The van der Waals surface area contributed by atoms with Gasteiger partial charge < -0.3 is 0 Å². The highest BCUT2D eigenvalue weighted by Crippen LogP contribution is 2.56. The van der Waals surface area contributed by atoms with E-state index in [1.807, 2.05) is 7.05 Å². The molecule has 1 nitrogen and oxygen atoms in total. The summed E-state index contributed by atoms with van der Waals surface area (Å²) in [6.45, 7) is 0. The second-order valence-corrected chi connectivity index (χ2v) is 12.9. The van der Waals surface area contributed by atoms with Crippen LogP contribution in [0.25, 0.3) is 0 Å². The van der Waals surface area contributed by atoms with Gasteiger partial charge in [-0.2, -0.15) is 0 Å². The highest BCUT2D eigenvalue weighted by Gasteiger charge is 2.29. The molecule has 0 fully saturated rings. The molecule has 144 valence electrons. The predicted molar refractivity (Wildman–Crippen MR) is 131 cm³/mol. The average molecular weight is 413 g/mol. The van der Waals surface area contributed by atoms with Crippen LogP contribution < -0.4 is 21.2 Å². The van der Waals surface area contributed by atoms with Gasteiger partial charge in [0.05, 0.1) is 0 Å². The largest absolute Gasteiger partial charge is 0.297 e. The molecule has 0 aromatic heterocycles. The van der Waals surface area contributed by atoms with E-state index >= 15 is 0 Å². The molecule has 0 radical (unpaired) electrons. The first-order chi connectivity index (χ1) is 14.3. The van der Waals surface area contributed by atoms with Crippen LogP contribution in [0.1, 0.15) is 0 Å². The van der Waals surface area contributed by atoms with E-state index in [0.29, 0.717) is 0 Å². The summed E-state index contributed by atoms with van der Waals surface area (Å²) in [6.07, 6.45) is 0. The normalized spacial score (nSPS) is 11.4. The summed E-state index contributed by atoms with van der Waals surface area (Å²) >= 11 is 0. The molecule has 0 aliphatic rings. The summed E-state index contributed by atoms with van der Waals surface area (Å²) in [7, 11) is -0.440. The lowest BCUT2D eigenvalue weighted by molar-refractivity contribution is 1.48. The Morgan fingerprint density at radius 3 is 1.24 bits per heavy atom. The van der Waals surface area contributed by atoms with Gasteiger partial charge in [0.1, 0.15) is 0 Å². The van der Waals surface area contributed by atoms with Crippen LogP contribution in [0.5, 0.6) is 0 Å². The SMILES string of the molecule is CN=P(CP(c1ccccc1)c1ccccc1)(c1ccccc1)c1ccccc1. The number of nitrogens with zero attached hydrogens (tertiary/aromatic N) is 1. The second-order valence-electron chi connectivity index (χ2n) is 6.88. The Kier molecular flexibility index (Phi) is 6.40. The van der Waals surface area contributed by atoms with Crippen molar-refractivity contribution in [2.24, 2.45) is 4.74 Å². The monoisotopic (exact) mass is 413 g/mol. The minimum Gasteiger partial charge on any atom is -0.297 e. The van der Waals surface area contributed by atoms with Gasteiger partial charge in [-0.3, -0.25) is 4.74 Å². The maximum atomic E-state index is 5.18. The molecule has 4 rings (SSSR count). The smallest absolute Gasteiger partial charge is 0.0316 e. The maximum absolute atomic E-state index is 5.18. The molecular weight excluding hydrogens is 388 g/mol. The maximum Gasteiger partial charge on any atom is 0.0316 e. The lowest BCUT2D eigenvalue weighted by atomic mass is 10.4. The van der Waals surface area contributed by atoms with Gasteiger partial charge in [0, 0.05) is 20.0 Å². The van der Waals surface area contributed by atoms with Crippen molar-refractivity contribution in [2.75, 3.05) is 13.0 Å². The van der Waals surface area contributed by atoms with Crippen LogP contribution in [0, 0.1) is 0 Å². The van der Waals surface area contributed by atoms with Crippen molar-refractivity contribution in [3.63, 3.8) is 0 Å². The fourth-order valence-electron chi connectivity index (χ4n) is 3.69. The highest BCUT2D eigenvalue weighted by molar-refractivity contribution is 7.92. The zero-order valence-electron chi connectivity index (χ0n) is 16.6. The second kappa shape index (κ2) is 9.36. The Hall–Kier alpha value is -2.46. The molecule has 0 N–H and O–H groups in total. The first kappa shape index (κ1) is 19.8. The van der Waals surface area contributed by atoms with Crippen molar-refractivity contribution in [1.29, 1.82) is 0 Å². The minimum atomic E-state index is -1.92. The average Bonchev–Trinajstić information content (AvgIpc) is 2.82. The summed E-state index contributed by atoms with van der Waals surface area (Å²) in [5.74, 6) is 1.04. The molecular formula is C26H25NP2. The van der Waals surface area contributed by atoms with E-state index in [0.717, 1.165) is 5.90 Å². The Balaban J connectivity index is 1.91. The van der Waals surface area contributed by atoms with Crippen LogP contribution in [-0.2, 0) is 0 Å². The number of hydrogen-bond donors (Lipinski definition) is 0. The predicted octanol–water partition coefficient (Wildman–Crippen LogP) is 5.56. The third kappa shape index (κ3) is 4.27. The fraction of sp³-hybridized carbons (Fsp3) is 0.0769. The highest BCUT2D eigenvalue weighted by atomic mass is 31.2. The molecule has 0 aliphatic carbocycles. The van der Waals surface area contributed by atoms with Crippen molar-refractivity contribution in [1.82, 2.24) is 0 Å². The molecule has 0 unspecified atom stereocenters. The first-order valence-electron chi connectivity index (χ1n) is 9.82. The van der Waals surface area contributed by atoms with E-state index in [4.69, 9.17) is 4.74 Å². The Morgan fingerprint density at radius 1 is 0.552 bits per heavy atom. The van der Waals surface area contributed by atoms with E-state index in [2.05, 4.69) is 121 Å². The van der Waals surface area contributed by atoms with Gasteiger partial charge in [0.2, 0.25) is 0 Å². The van der Waals surface area contributed by atoms with Crippen molar-refractivity contribution < 1.29 is 0 Å². The third-order valence-corrected chi connectivity index (χ3v) is 12.8. The molecule has 0 aliphatic heterocycles. The number of rotatable bonds is 6. The lowest BCUT2D eigenvalue weighted by Crippen LogP contribution is -2.23. The van der Waals surface area contributed by atoms with Crippen LogP contribution >= 0.6 is 15.0 Å². The summed E-state index contributed by atoms with van der Waals surface area (Å²) in [4.78, 5) is 0. The van der Waals surface area contributed by atoms with Gasteiger partial charge in [-0.15, -0.1) is 0 Å². The van der Waals surface area contributed by atoms with Crippen LogP contribution in [0.15, 0.2) is 126 Å². The van der Waals surface area contributed by atoms with Gasteiger partial charge in [0.25, 0.3) is 0 Å². The van der Waals surface area contributed by atoms with Crippen LogP contribution in [0.4, 0.5) is 0 Å². The summed E-state index contributed by atoms with van der Waals surface area (Å²) < 4.78 is 5.18. The Labute approximate surface area is 175 Å². The lowest BCUT2D eigenvalue weighted by Gasteiger charge is -2.31. The van der Waals surface area contributed by atoms with Crippen molar-refractivity contribution >= 4 is 36.2 Å². The van der Waals surface area contributed by atoms with Crippen molar-refractivity contribution in [2.45, 2.75) is 0 Å². The van der Waals surface area contributed by atoms with E-state index in [1.54, 1.807) is 0 Å². The topological polar surface area (TPSA) is 12.4 Å². The van der Waals surface area contributed by atoms with Crippen LogP contribution in [0.2, 0.25) is 0 Å². The standard InChI is InChI=1S/C26H25NP2/c1-27-29(25-18-10-4-11-19-25,26-20-12-5-13-21-26)22-28(23-14-6-2-7-15-23)24-16-8-3-9-17-24/h2-21H,22H2,1H3. The Bertz CT molecular complexity index is 996. The van der Waals surface area contributed by atoms with Gasteiger partial charge in [-0.05, 0) is 29.1 Å². The quantitative estimate of drug-likeness (QED) is 0.367. The molecule has 29 heavy (non-hydrogen) atoms. The first-order valence-corrected chi connectivity index (χ1v) is 13.3. The fourth-order valence-corrected chi connectivity index (χ4v) is 11.9. The molecule has 4 aromatic rings. The van der Waals surface area contributed by atoms with Gasteiger partial charge in [-0.1, -0.05) is 121 Å². The molecule has 3 heteroatoms. The molecule has 0 heterocycles. The molecule has 4 aromatic carbocycles. The third-order valence-electron chi connectivity index (χ3n) is 5.19. The zero-order chi connectivity index (χ0) is 19.9. The molecule has 0 saturated carbocycles. The van der Waals surface area contributed by atoms with Crippen molar-refractivity contribution in [3.05, 3.63) is 121 Å². The molecule has 0 atom stereocenters. The van der Waals surface area contributed by atoms with E-state index < -0.39 is 15.0 Å².